The second-order valence-corrected chi connectivity index (χ2v) is 7.76. The standard InChI is InChI=1S/C25H23ClNO.BrH.Hg/c1-18-16-22(25(28)20-12-6-3-7-13-20)24(21-14-8-9-15-23(21)26)27(18)17-19-10-4-2-5-11-19;;/h2-15,18,22,24H,1,16-17H2;1H;/q;;+1/p-1/t18-,22-,24-;;/m0../s1. The van der Waals surface area contributed by atoms with Crippen molar-refractivity contribution < 1.29 is 49.4 Å². The van der Waals surface area contributed by atoms with Gasteiger partial charge in [0.2, 0.25) is 0 Å². The summed E-state index contributed by atoms with van der Waals surface area (Å²) in [5, 5.41) is 0.700. The van der Waals surface area contributed by atoms with E-state index in [0.717, 1.165) is 24.1 Å². The Morgan fingerprint density at radius 1 is 0.933 bits per heavy atom. The molecule has 1 aliphatic heterocycles. The van der Waals surface area contributed by atoms with Gasteiger partial charge in [0, 0.05) is 35.1 Å². The topological polar surface area (TPSA) is 20.3 Å². The Labute approximate surface area is 214 Å². The molecule has 4 rings (SSSR count). The molecule has 1 heterocycles. The summed E-state index contributed by atoms with van der Waals surface area (Å²) in [4.78, 5) is 15.7. The molecule has 1 fully saturated rings. The van der Waals surface area contributed by atoms with E-state index in [0.29, 0.717) is 5.02 Å². The molecule has 2 radical (unpaired) electrons. The third-order valence-corrected chi connectivity index (χ3v) is 5.90. The first-order valence-electron chi connectivity index (χ1n) is 9.61. The van der Waals surface area contributed by atoms with Crippen LogP contribution in [0.15, 0.2) is 84.9 Å². The second-order valence-electron chi connectivity index (χ2n) is 7.35. The Morgan fingerprint density at radius 3 is 2.13 bits per heavy atom. The third kappa shape index (κ3) is 5.42. The number of Topliss-reactive ketones (excluding diaryl/α,β-unsaturated/α-hetero) is 1. The van der Waals surface area contributed by atoms with Crippen LogP contribution in [0, 0.1) is 12.8 Å². The molecule has 1 aliphatic rings. The van der Waals surface area contributed by atoms with Crippen molar-refractivity contribution in [2.75, 3.05) is 0 Å². The number of likely N-dealkylation sites (tertiary alicyclic amines) is 1. The monoisotopic (exact) mass is 669 g/mol. The number of carbonyl (C=O) groups is 1. The number of halogens is 2. The van der Waals surface area contributed by atoms with Gasteiger partial charge < -0.3 is 17.0 Å². The Hall–Kier alpha value is -1.00. The van der Waals surface area contributed by atoms with E-state index in [-0.39, 0.29) is 68.4 Å². The fourth-order valence-corrected chi connectivity index (χ4v) is 4.46. The molecule has 2 nitrogen and oxygen atoms in total. The maximum atomic E-state index is 13.4. The van der Waals surface area contributed by atoms with Gasteiger partial charge in [-0.25, -0.2) is 0 Å². The van der Waals surface area contributed by atoms with Crippen molar-refractivity contribution in [3.63, 3.8) is 0 Å². The van der Waals surface area contributed by atoms with Gasteiger partial charge in [0.05, 0.1) is 0 Å². The van der Waals surface area contributed by atoms with Gasteiger partial charge in [0.25, 0.3) is 0 Å². The van der Waals surface area contributed by atoms with Crippen LogP contribution in [0.3, 0.4) is 0 Å². The molecule has 0 saturated carbocycles. The minimum absolute atomic E-state index is 0. The maximum absolute atomic E-state index is 13.4. The van der Waals surface area contributed by atoms with Crippen LogP contribution in [0.5, 0.6) is 0 Å². The summed E-state index contributed by atoms with van der Waals surface area (Å²) < 4.78 is 0. The molecule has 30 heavy (non-hydrogen) atoms. The molecule has 0 aromatic heterocycles. The molecule has 0 spiro atoms. The van der Waals surface area contributed by atoms with Crippen LogP contribution >= 0.6 is 11.6 Å². The molecular formula is C25H23BrClHgNO. The Morgan fingerprint density at radius 2 is 1.50 bits per heavy atom. The minimum atomic E-state index is -0.173. The Balaban J connectivity index is 0.00000160. The first-order valence-corrected chi connectivity index (χ1v) is 9.99. The number of ketones is 1. The van der Waals surface area contributed by atoms with Crippen LogP contribution < -0.4 is 17.0 Å². The zero-order valence-corrected chi connectivity index (χ0v) is 24.6. The van der Waals surface area contributed by atoms with Crippen molar-refractivity contribution in [2.45, 2.75) is 25.0 Å². The summed E-state index contributed by atoms with van der Waals surface area (Å²) >= 11 is 6.58. The Bertz CT molecular complexity index is 954. The summed E-state index contributed by atoms with van der Waals surface area (Å²) in [6, 6.07) is 27.7. The molecule has 0 aliphatic carbocycles. The molecule has 1 saturated heterocycles. The first kappa shape index (κ1) is 25.3. The van der Waals surface area contributed by atoms with Crippen molar-refractivity contribution in [3.05, 3.63) is 114 Å². The molecule has 0 N–H and O–H groups in total. The van der Waals surface area contributed by atoms with Crippen LogP contribution in [0.25, 0.3) is 0 Å². The molecule has 5 heteroatoms. The van der Waals surface area contributed by atoms with E-state index >= 15 is 0 Å². The summed E-state index contributed by atoms with van der Waals surface area (Å²) in [5.41, 5.74) is 2.96. The van der Waals surface area contributed by atoms with E-state index in [1.807, 2.05) is 72.8 Å². The van der Waals surface area contributed by atoms with Crippen LogP contribution in [0.2, 0.25) is 5.02 Å². The zero-order valence-electron chi connectivity index (χ0n) is 16.8. The zero-order chi connectivity index (χ0) is 19.5. The molecular weight excluding hydrogens is 646 g/mol. The van der Waals surface area contributed by atoms with Crippen molar-refractivity contribution >= 4 is 17.4 Å². The molecule has 0 unspecified atom stereocenters. The normalized spacial score (nSPS) is 20.8. The van der Waals surface area contributed by atoms with E-state index in [1.54, 1.807) is 0 Å². The second kappa shape index (κ2) is 11.6. The first-order chi connectivity index (χ1) is 13.6. The van der Waals surface area contributed by atoms with Crippen molar-refractivity contribution in [2.24, 2.45) is 5.92 Å². The van der Waals surface area contributed by atoms with Gasteiger partial charge in [-0.1, -0.05) is 90.5 Å². The fraction of sp³-hybridized carbons (Fsp3) is 0.200. The number of carbonyl (C=O) groups excluding carboxylic acids is 1. The van der Waals surface area contributed by atoms with E-state index in [9.17, 15) is 4.79 Å². The van der Waals surface area contributed by atoms with Crippen LogP contribution in [-0.2, 0) is 34.2 Å². The van der Waals surface area contributed by atoms with Gasteiger partial charge in [-0.15, -0.1) is 0 Å². The van der Waals surface area contributed by atoms with Gasteiger partial charge in [-0.3, -0.25) is 9.69 Å². The number of hydrogen-bond donors (Lipinski definition) is 0. The largest absolute Gasteiger partial charge is 1.00 e. The van der Waals surface area contributed by atoms with Gasteiger partial charge in [0.15, 0.2) is 5.78 Å². The summed E-state index contributed by atoms with van der Waals surface area (Å²) in [5.74, 6) is -0.0109. The van der Waals surface area contributed by atoms with Crippen molar-refractivity contribution in [1.29, 1.82) is 0 Å². The number of rotatable bonds is 5. The molecule has 0 amide bonds. The third-order valence-electron chi connectivity index (χ3n) is 5.56. The van der Waals surface area contributed by atoms with Crippen molar-refractivity contribution in [3.8, 4) is 0 Å². The quantitative estimate of drug-likeness (QED) is 0.308. The van der Waals surface area contributed by atoms with Gasteiger partial charge in [-0.05, 0) is 30.5 Å². The molecule has 3 aromatic rings. The molecule has 3 aromatic carbocycles. The van der Waals surface area contributed by atoms with E-state index < -0.39 is 0 Å². The number of benzene rings is 3. The SMILES string of the molecule is [Br-].[CH2][C@H]1C[C@H](C(=O)c2ccccc2)[C@H](c2ccccc2Cl)N1Cc1ccccc1.[Hg+]. The van der Waals surface area contributed by atoms with Crippen LogP contribution in [0.4, 0.5) is 0 Å². The summed E-state index contributed by atoms with van der Waals surface area (Å²) in [6.45, 7) is 5.12. The number of hydrogen-bond acceptors (Lipinski definition) is 2. The molecule has 3 atom stereocenters. The average Bonchev–Trinajstić information content (AvgIpc) is 3.05. The van der Waals surface area contributed by atoms with E-state index in [4.69, 9.17) is 11.6 Å². The van der Waals surface area contributed by atoms with Crippen molar-refractivity contribution in [1.82, 2.24) is 4.90 Å². The number of nitrogens with zero attached hydrogens (tertiary/aromatic N) is 1. The smallest absolute Gasteiger partial charge is 1.00 e. The van der Waals surface area contributed by atoms with Gasteiger partial charge >= 0.3 is 27.7 Å². The predicted molar refractivity (Wildman–Crippen MR) is 114 cm³/mol. The summed E-state index contributed by atoms with van der Waals surface area (Å²) in [7, 11) is 0. The predicted octanol–water partition coefficient (Wildman–Crippen LogP) is 2.99. The van der Waals surface area contributed by atoms with Gasteiger partial charge in [0.1, 0.15) is 0 Å². The summed E-state index contributed by atoms with van der Waals surface area (Å²) in [6.07, 6.45) is 0.719. The van der Waals surface area contributed by atoms with E-state index in [1.165, 1.54) is 5.56 Å². The van der Waals surface area contributed by atoms with Crippen LogP contribution in [0.1, 0.15) is 33.9 Å². The maximum Gasteiger partial charge on any atom is 1.00 e. The minimum Gasteiger partial charge on any atom is -1.00 e. The van der Waals surface area contributed by atoms with E-state index in [2.05, 4.69) is 24.0 Å². The van der Waals surface area contributed by atoms with Gasteiger partial charge in [-0.2, -0.15) is 0 Å². The fourth-order valence-electron chi connectivity index (χ4n) is 4.21. The molecule has 0 bridgehead atoms. The average molecular weight is 669 g/mol. The van der Waals surface area contributed by atoms with Crippen LogP contribution in [-0.4, -0.2) is 16.7 Å². The Kier molecular flexibility index (Phi) is 9.74. The molecule has 150 valence electrons.